The second-order valence-corrected chi connectivity index (χ2v) is 9.64. The highest BCUT2D eigenvalue weighted by atomic mass is 16.5. The molecule has 0 saturated heterocycles. The molecule has 0 fully saturated rings. The zero-order valence-corrected chi connectivity index (χ0v) is 20.6. The first-order chi connectivity index (χ1) is 16.1. The highest BCUT2D eigenvalue weighted by Gasteiger charge is 2.18. The Labute approximate surface area is 200 Å². The predicted octanol–water partition coefficient (Wildman–Crippen LogP) is 5.49. The van der Waals surface area contributed by atoms with Gasteiger partial charge in [0, 0.05) is 17.2 Å². The minimum atomic E-state index is -0.160. The molecule has 0 amide bonds. The topological polar surface area (TPSA) is 69.9 Å². The lowest BCUT2D eigenvalue weighted by molar-refractivity contribution is 0.289. The summed E-state index contributed by atoms with van der Waals surface area (Å²) in [5.74, 6) is 1.12. The smallest absolute Gasteiger partial charge is 0.264 e. The molecule has 0 aliphatic heterocycles. The molecule has 0 aliphatic carbocycles. The van der Waals surface area contributed by atoms with Crippen LogP contribution < -0.4 is 10.3 Å². The van der Waals surface area contributed by atoms with Gasteiger partial charge in [-0.3, -0.25) is 9.36 Å². The van der Waals surface area contributed by atoms with Gasteiger partial charge in [0.05, 0.1) is 16.9 Å². The number of benzene rings is 2. The van der Waals surface area contributed by atoms with Crippen LogP contribution in [-0.4, -0.2) is 19.5 Å². The number of nitrogens with zero attached hydrogens (tertiary/aromatic N) is 4. The summed E-state index contributed by atoms with van der Waals surface area (Å²) in [6.45, 7) is 12.4. The van der Waals surface area contributed by atoms with Gasteiger partial charge in [-0.1, -0.05) is 62.7 Å². The highest BCUT2D eigenvalue weighted by Crippen LogP contribution is 2.26. The Balaban J connectivity index is 1.67. The molecule has 0 radical (unpaired) electrons. The maximum absolute atomic E-state index is 13.3. The van der Waals surface area contributed by atoms with Gasteiger partial charge in [-0.25, -0.2) is 15.0 Å². The first-order valence-corrected chi connectivity index (χ1v) is 11.3. The van der Waals surface area contributed by atoms with E-state index in [4.69, 9.17) is 9.72 Å². The van der Waals surface area contributed by atoms with E-state index in [1.54, 1.807) is 17.7 Å². The van der Waals surface area contributed by atoms with Crippen molar-refractivity contribution >= 4 is 0 Å². The minimum Gasteiger partial charge on any atom is -0.472 e. The van der Waals surface area contributed by atoms with E-state index in [1.807, 2.05) is 56.3 Å². The van der Waals surface area contributed by atoms with Gasteiger partial charge in [-0.05, 0) is 44.0 Å². The number of aromatic nitrogens is 4. The number of ether oxygens (including phenoxy) is 1. The van der Waals surface area contributed by atoms with Crippen molar-refractivity contribution in [3.63, 3.8) is 0 Å². The summed E-state index contributed by atoms with van der Waals surface area (Å²) < 4.78 is 7.45. The van der Waals surface area contributed by atoms with Gasteiger partial charge in [-0.15, -0.1) is 0 Å². The van der Waals surface area contributed by atoms with Gasteiger partial charge < -0.3 is 4.74 Å². The molecule has 4 aromatic rings. The summed E-state index contributed by atoms with van der Waals surface area (Å²) in [6.07, 6.45) is 3.31. The van der Waals surface area contributed by atoms with Gasteiger partial charge >= 0.3 is 0 Å². The van der Waals surface area contributed by atoms with Crippen LogP contribution >= 0.6 is 0 Å². The standard InChI is InChI=1S/C28H30N4O2/c1-18-8-7-9-21(14-18)16-34-25-20(3)26(33)32(17-30-25)24-15-22(11-10-19(24)2)23-12-13-29-27(31-23)28(4,5)6/h7-15,17H,16H2,1-6H3. The second kappa shape index (κ2) is 9.21. The van der Waals surface area contributed by atoms with E-state index in [9.17, 15) is 4.79 Å². The summed E-state index contributed by atoms with van der Waals surface area (Å²) in [7, 11) is 0. The molecule has 2 aromatic heterocycles. The molecule has 174 valence electrons. The Hall–Kier alpha value is -3.80. The molecule has 6 nitrogen and oxygen atoms in total. The van der Waals surface area contributed by atoms with Gasteiger partial charge in [0.25, 0.3) is 5.56 Å². The predicted molar refractivity (Wildman–Crippen MR) is 135 cm³/mol. The fraction of sp³-hybridized carbons (Fsp3) is 0.286. The third-order valence-electron chi connectivity index (χ3n) is 5.70. The van der Waals surface area contributed by atoms with Crippen LogP contribution in [0.15, 0.2) is 65.8 Å². The second-order valence-electron chi connectivity index (χ2n) is 9.64. The molecule has 0 atom stereocenters. The number of aryl methyl sites for hydroxylation is 2. The number of hydrogen-bond acceptors (Lipinski definition) is 5. The van der Waals surface area contributed by atoms with Crippen LogP contribution in [0.2, 0.25) is 0 Å². The van der Waals surface area contributed by atoms with Gasteiger partial charge in [-0.2, -0.15) is 0 Å². The minimum absolute atomic E-state index is 0.157. The third kappa shape index (κ3) is 4.91. The van der Waals surface area contributed by atoms with Crippen molar-refractivity contribution in [2.75, 3.05) is 0 Å². The van der Waals surface area contributed by atoms with Gasteiger partial charge in [0.15, 0.2) is 0 Å². The molecule has 0 spiro atoms. The maximum atomic E-state index is 13.3. The van der Waals surface area contributed by atoms with E-state index >= 15 is 0 Å². The van der Waals surface area contributed by atoms with E-state index in [-0.39, 0.29) is 11.0 Å². The van der Waals surface area contributed by atoms with Crippen LogP contribution in [0.5, 0.6) is 5.88 Å². The van der Waals surface area contributed by atoms with Crippen molar-refractivity contribution in [1.82, 2.24) is 19.5 Å². The van der Waals surface area contributed by atoms with E-state index < -0.39 is 0 Å². The fourth-order valence-electron chi connectivity index (χ4n) is 3.71. The Kier molecular flexibility index (Phi) is 6.33. The average molecular weight is 455 g/mol. The zero-order valence-electron chi connectivity index (χ0n) is 20.6. The molecule has 34 heavy (non-hydrogen) atoms. The Morgan fingerprint density at radius 3 is 2.50 bits per heavy atom. The number of hydrogen-bond donors (Lipinski definition) is 0. The SMILES string of the molecule is Cc1cccc(COc2ncn(-c3cc(-c4ccnc(C(C)(C)C)n4)ccc3C)c(=O)c2C)c1. The van der Waals surface area contributed by atoms with Gasteiger partial charge in [0.2, 0.25) is 5.88 Å². The van der Waals surface area contributed by atoms with Crippen molar-refractivity contribution in [3.05, 3.63) is 99.5 Å². The lowest BCUT2D eigenvalue weighted by Gasteiger charge is -2.17. The van der Waals surface area contributed by atoms with Crippen molar-refractivity contribution in [3.8, 4) is 22.8 Å². The van der Waals surface area contributed by atoms with Crippen LogP contribution in [0.1, 0.15) is 48.8 Å². The van der Waals surface area contributed by atoms with E-state index in [0.29, 0.717) is 18.1 Å². The Morgan fingerprint density at radius 2 is 1.76 bits per heavy atom. The summed E-state index contributed by atoms with van der Waals surface area (Å²) in [6, 6.07) is 15.9. The zero-order chi connectivity index (χ0) is 24.5. The Morgan fingerprint density at radius 1 is 0.971 bits per heavy atom. The fourth-order valence-corrected chi connectivity index (χ4v) is 3.71. The third-order valence-corrected chi connectivity index (χ3v) is 5.70. The maximum Gasteiger partial charge on any atom is 0.264 e. The molecule has 0 N–H and O–H groups in total. The van der Waals surface area contributed by atoms with E-state index in [0.717, 1.165) is 39.5 Å². The Bertz CT molecular complexity index is 1400. The first-order valence-electron chi connectivity index (χ1n) is 11.3. The molecule has 2 heterocycles. The van der Waals surface area contributed by atoms with E-state index in [2.05, 4.69) is 36.8 Å². The molecular weight excluding hydrogens is 424 g/mol. The summed E-state index contributed by atoms with van der Waals surface area (Å²) >= 11 is 0. The lowest BCUT2D eigenvalue weighted by atomic mass is 9.95. The summed E-state index contributed by atoms with van der Waals surface area (Å²) in [5.41, 5.74) is 5.81. The van der Waals surface area contributed by atoms with Crippen molar-refractivity contribution in [1.29, 1.82) is 0 Å². The molecule has 6 heteroatoms. The molecular formula is C28H30N4O2. The largest absolute Gasteiger partial charge is 0.472 e. The van der Waals surface area contributed by atoms with Crippen molar-refractivity contribution < 1.29 is 4.74 Å². The molecule has 0 saturated carbocycles. The van der Waals surface area contributed by atoms with Crippen LogP contribution in [0.4, 0.5) is 0 Å². The lowest BCUT2D eigenvalue weighted by Crippen LogP contribution is -2.23. The van der Waals surface area contributed by atoms with Crippen molar-refractivity contribution in [2.45, 2.75) is 53.6 Å². The quantitative estimate of drug-likeness (QED) is 0.399. The molecule has 4 rings (SSSR count). The molecule has 2 aromatic carbocycles. The highest BCUT2D eigenvalue weighted by molar-refractivity contribution is 5.64. The van der Waals surface area contributed by atoms with Crippen molar-refractivity contribution in [2.24, 2.45) is 0 Å². The van der Waals surface area contributed by atoms with Crippen LogP contribution in [0, 0.1) is 20.8 Å². The molecule has 0 aliphatic rings. The monoisotopic (exact) mass is 454 g/mol. The van der Waals surface area contributed by atoms with Gasteiger partial charge in [0.1, 0.15) is 18.8 Å². The summed E-state index contributed by atoms with van der Waals surface area (Å²) in [5, 5.41) is 0. The normalized spacial score (nSPS) is 11.5. The molecule has 0 bridgehead atoms. The van der Waals surface area contributed by atoms with Crippen LogP contribution in [0.25, 0.3) is 16.9 Å². The van der Waals surface area contributed by atoms with Crippen LogP contribution in [0.3, 0.4) is 0 Å². The summed E-state index contributed by atoms with van der Waals surface area (Å²) in [4.78, 5) is 26.9. The van der Waals surface area contributed by atoms with Crippen LogP contribution in [-0.2, 0) is 12.0 Å². The van der Waals surface area contributed by atoms with E-state index in [1.165, 1.54) is 6.33 Å². The molecule has 0 unspecified atom stereocenters. The number of rotatable bonds is 5. The first kappa shape index (κ1) is 23.4. The average Bonchev–Trinajstić information content (AvgIpc) is 2.80.